The van der Waals surface area contributed by atoms with Crippen LogP contribution < -0.4 is 0 Å². The lowest BCUT2D eigenvalue weighted by Gasteiger charge is -2.28. The fraction of sp³-hybridized carbons (Fsp3) is 0.500. The van der Waals surface area contributed by atoms with E-state index in [0.29, 0.717) is 12.5 Å². The van der Waals surface area contributed by atoms with Gasteiger partial charge in [0.2, 0.25) is 0 Å². The van der Waals surface area contributed by atoms with Gasteiger partial charge in [0.15, 0.2) is 0 Å². The molecule has 176 valence electrons. The minimum Gasteiger partial charge on any atom is -0.459 e. The van der Waals surface area contributed by atoms with Crippen LogP contribution in [-0.4, -0.2) is 28.6 Å². The average molecular weight is 450 g/mol. The van der Waals surface area contributed by atoms with Gasteiger partial charge in [-0.05, 0) is 63.1 Å². The molecule has 5 nitrogen and oxygen atoms in total. The second-order valence-electron chi connectivity index (χ2n) is 10.4. The smallest absolute Gasteiger partial charge is 0.411 e. The number of benzene rings is 2. The highest BCUT2D eigenvalue weighted by atomic mass is 16.6. The molecule has 33 heavy (non-hydrogen) atoms. The number of rotatable bonds is 6. The maximum atomic E-state index is 13.1. The van der Waals surface area contributed by atoms with E-state index in [0.717, 1.165) is 29.5 Å². The Hall–Kier alpha value is -2.82. The standard InChI is InChI=1S/C28H35NO4/c1-19-25(23-12-6-5-7-13-23)32-27(31)29(19)18-20-14-16-22(17-15-20)24(21-10-8-9-11-21)26(30)33-28(2,3)4/h5-7,12-17,19,21,24-25H,8-11,18H2,1-4H3/t19-,24?,25-/m1/s1. The molecule has 2 aromatic carbocycles. The van der Waals surface area contributed by atoms with Gasteiger partial charge in [0.05, 0.1) is 12.0 Å². The number of nitrogens with zero attached hydrogens (tertiary/aromatic N) is 1. The Balaban J connectivity index is 1.48. The summed E-state index contributed by atoms with van der Waals surface area (Å²) in [4.78, 5) is 27.4. The zero-order chi connectivity index (χ0) is 23.6. The van der Waals surface area contributed by atoms with Crippen LogP contribution in [0.5, 0.6) is 0 Å². The monoisotopic (exact) mass is 449 g/mol. The van der Waals surface area contributed by atoms with E-state index in [1.54, 1.807) is 4.90 Å². The minimum atomic E-state index is -0.505. The Labute approximate surface area is 197 Å². The van der Waals surface area contributed by atoms with Crippen LogP contribution in [0.25, 0.3) is 0 Å². The summed E-state index contributed by atoms with van der Waals surface area (Å²) in [6.07, 6.45) is 3.89. The van der Waals surface area contributed by atoms with E-state index in [1.165, 1.54) is 12.8 Å². The number of amides is 1. The molecule has 2 aromatic rings. The molecule has 0 bridgehead atoms. The highest BCUT2D eigenvalue weighted by molar-refractivity contribution is 5.79. The molecule has 3 atom stereocenters. The lowest BCUT2D eigenvalue weighted by molar-refractivity contribution is -0.158. The summed E-state index contributed by atoms with van der Waals surface area (Å²) in [6.45, 7) is 8.25. The van der Waals surface area contributed by atoms with Crippen molar-refractivity contribution in [2.75, 3.05) is 0 Å². The zero-order valence-electron chi connectivity index (χ0n) is 20.1. The first-order valence-electron chi connectivity index (χ1n) is 12.1. The summed E-state index contributed by atoms with van der Waals surface area (Å²) in [6, 6.07) is 17.9. The van der Waals surface area contributed by atoms with Crippen molar-refractivity contribution in [1.29, 1.82) is 0 Å². The molecule has 2 aliphatic rings. The lowest BCUT2D eigenvalue weighted by Crippen LogP contribution is -2.31. The molecule has 1 aliphatic heterocycles. The molecule has 2 fully saturated rings. The first kappa shape index (κ1) is 23.3. The van der Waals surface area contributed by atoms with E-state index in [-0.39, 0.29) is 30.1 Å². The van der Waals surface area contributed by atoms with Crippen LogP contribution in [-0.2, 0) is 20.8 Å². The summed E-state index contributed by atoms with van der Waals surface area (Å²) in [7, 11) is 0. The van der Waals surface area contributed by atoms with Gasteiger partial charge in [-0.1, -0.05) is 67.4 Å². The van der Waals surface area contributed by atoms with Gasteiger partial charge in [0.25, 0.3) is 0 Å². The predicted octanol–water partition coefficient (Wildman–Crippen LogP) is 6.38. The summed E-state index contributed by atoms with van der Waals surface area (Å²) in [5.41, 5.74) is 2.52. The molecule has 0 aromatic heterocycles. The number of carbonyl (C=O) groups excluding carboxylic acids is 2. The van der Waals surface area contributed by atoms with E-state index in [4.69, 9.17) is 9.47 Å². The zero-order valence-corrected chi connectivity index (χ0v) is 20.1. The summed E-state index contributed by atoms with van der Waals surface area (Å²) in [5.74, 6) is -0.0468. The van der Waals surface area contributed by atoms with E-state index in [1.807, 2.05) is 82.3 Å². The number of ether oxygens (including phenoxy) is 2. The fourth-order valence-electron chi connectivity index (χ4n) is 5.09. The second-order valence-corrected chi connectivity index (χ2v) is 10.4. The van der Waals surface area contributed by atoms with Crippen LogP contribution >= 0.6 is 0 Å². The van der Waals surface area contributed by atoms with Crippen LogP contribution in [0.2, 0.25) is 0 Å². The van der Waals surface area contributed by atoms with Crippen LogP contribution in [0.4, 0.5) is 4.79 Å². The Kier molecular flexibility index (Phi) is 6.78. The predicted molar refractivity (Wildman–Crippen MR) is 128 cm³/mol. The number of hydrogen-bond donors (Lipinski definition) is 0. The van der Waals surface area contributed by atoms with Gasteiger partial charge in [0.1, 0.15) is 11.7 Å². The van der Waals surface area contributed by atoms with Gasteiger partial charge in [-0.25, -0.2) is 4.79 Å². The molecule has 1 aliphatic carbocycles. The van der Waals surface area contributed by atoms with Crippen molar-refractivity contribution in [2.24, 2.45) is 5.92 Å². The Morgan fingerprint density at radius 2 is 1.70 bits per heavy atom. The Morgan fingerprint density at radius 3 is 2.30 bits per heavy atom. The Morgan fingerprint density at radius 1 is 1.06 bits per heavy atom. The lowest BCUT2D eigenvalue weighted by atomic mass is 9.84. The Bertz CT molecular complexity index is 958. The normalized spacial score (nSPS) is 22.3. The van der Waals surface area contributed by atoms with Gasteiger partial charge >= 0.3 is 12.1 Å². The van der Waals surface area contributed by atoms with Crippen molar-refractivity contribution in [3.8, 4) is 0 Å². The number of carbonyl (C=O) groups is 2. The van der Waals surface area contributed by atoms with Crippen molar-refractivity contribution in [3.63, 3.8) is 0 Å². The van der Waals surface area contributed by atoms with Gasteiger partial charge < -0.3 is 9.47 Å². The summed E-state index contributed by atoms with van der Waals surface area (Å²) in [5, 5.41) is 0. The molecular formula is C28H35NO4. The van der Waals surface area contributed by atoms with Crippen LogP contribution in [0.15, 0.2) is 54.6 Å². The molecule has 1 amide bonds. The molecule has 1 saturated carbocycles. The van der Waals surface area contributed by atoms with Crippen LogP contribution in [0, 0.1) is 5.92 Å². The van der Waals surface area contributed by atoms with E-state index in [2.05, 4.69) is 0 Å². The molecule has 1 heterocycles. The maximum absolute atomic E-state index is 13.1. The van der Waals surface area contributed by atoms with E-state index in [9.17, 15) is 9.59 Å². The van der Waals surface area contributed by atoms with Gasteiger partial charge in [-0.2, -0.15) is 0 Å². The third-order valence-corrected chi connectivity index (χ3v) is 6.74. The highest BCUT2D eigenvalue weighted by Crippen LogP contribution is 2.39. The van der Waals surface area contributed by atoms with Crippen LogP contribution in [0.1, 0.15) is 82.1 Å². The highest BCUT2D eigenvalue weighted by Gasteiger charge is 2.40. The van der Waals surface area contributed by atoms with Gasteiger partial charge in [-0.15, -0.1) is 0 Å². The third kappa shape index (κ3) is 5.40. The molecule has 0 N–H and O–H groups in total. The molecule has 1 saturated heterocycles. The van der Waals surface area contributed by atoms with Crippen molar-refractivity contribution in [2.45, 2.75) is 83.6 Å². The maximum Gasteiger partial charge on any atom is 0.411 e. The van der Waals surface area contributed by atoms with Gasteiger partial charge in [0, 0.05) is 6.54 Å². The van der Waals surface area contributed by atoms with Gasteiger partial charge in [-0.3, -0.25) is 9.69 Å². The number of esters is 1. The van der Waals surface area contributed by atoms with Crippen molar-refractivity contribution < 1.29 is 19.1 Å². The number of hydrogen-bond acceptors (Lipinski definition) is 4. The molecule has 0 radical (unpaired) electrons. The first-order valence-corrected chi connectivity index (χ1v) is 12.1. The van der Waals surface area contributed by atoms with E-state index < -0.39 is 5.60 Å². The summed E-state index contributed by atoms with van der Waals surface area (Å²) >= 11 is 0. The van der Waals surface area contributed by atoms with E-state index >= 15 is 0 Å². The number of cyclic esters (lactones) is 1. The van der Waals surface area contributed by atoms with Crippen LogP contribution in [0.3, 0.4) is 0 Å². The molecule has 4 rings (SSSR count). The SMILES string of the molecule is C[C@@H]1[C@H](c2ccccc2)OC(=O)N1Cc1ccc(C(C(=O)OC(C)(C)C)C2CCCC2)cc1. The fourth-order valence-corrected chi connectivity index (χ4v) is 5.09. The first-order chi connectivity index (χ1) is 15.7. The van der Waals surface area contributed by atoms with Crippen molar-refractivity contribution in [1.82, 2.24) is 4.90 Å². The molecule has 5 heteroatoms. The second kappa shape index (κ2) is 9.58. The largest absolute Gasteiger partial charge is 0.459 e. The topological polar surface area (TPSA) is 55.8 Å². The van der Waals surface area contributed by atoms with Crippen molar-refractivity contribution >= 4 is 12.1 Å². The minimum absolute atomic E-state index is 0.0624. The molecule has 1 unspecified atom stereocenters. The molecule has 0 spiro atoms. The molecular weight excluding hydrogens is 414 g/mol. The summed E-state index contributed by atoms with van der Waals surface area (Å²) < 4.78 is 11.5. The third-order valence-electron chi connectivity index (χ3n) is 6.74. The quantitative estimate of drug-likeness (QED) is 0.480. The van der Waals surface area contributed by atoms with Crippen molar-refractivity contribution in [3.05, 3.63) is 71.3 Å². The average Bonchev–Trinajstić information content (AvgIpc) is 3.38.